The molecule has 24 heavy (non-hydrogen) atoms. The minimum Gasteiger partial charge on any atom is -0.493 e. The monoisotopic (exact) mass is 343 g/mol. The molecule has 0 aliphatic carbocycles. The highest BCUT2D eigenvalue weighted by Gasteiger charge is 2.16. The zero-order valence-corrected chi connectivity index (χ0v) is 14.3. The number of fused-ring (bicyclic) bond motifs is 1. The molecule has 3 rings (SSSR count). The van der Waals surface area contributed by atoms with Crippen molar-refractivity contribution in [2.24, 2.45) is 0 Å². The number of hydrogen-bond acceptors (Lipinski definition) is 6. The van der Waals surface area contributed by atoms with E-state index in [4.69, 9.17) is 14.2 Å². The van der Waals surface area contributed by atoms with Gasteiger partial charge >= 0.3 is 5.97 Å². The molecule has 3 aromatic rings. The van der Waals surface area contributed by atoms with E-state index in [-0.39, 0.29) is 0 Å². The van der Waals surface area contributed by atoms with Gasteiger partial charge in [0.2, 0.25) is 5.01 Å². The van der Waals surface area contributed by atoms with Crippen molar-refractivity contribution < 1.29 is 19.0 Å². The second kappa shape index (κ2) is 7.31. The summed E-state index contributed by atoms with van der Waals surface area (Å²) in [5, 5.41) is 0.328. The Morgan fingerprint density at radius 3 is 2.67 bits per heavy atom. The standard InChI is InChI=1S/C18H17NO4S/c1-3-22-18(20)17-19-13-9-14(21-2)15(10-16(13)24-17)23-11-12-7-5-4-6-8-12/h4-10H,3,11H2,1-2H3. The van der Waals surface area contributed by atoms with Gasteiger partial charge in [0, 0.05) is 12.1 Å². The fourth-order valence-corrected chi connectivity index (χ4v) is 3.09. The predicted octanol–water partition coefficient (Wildman–Crippen LogP) is 4.06. The lowest BCUT2D eigenvalue weighted by Crippen LogP contribution is -2.03. The van der Waals surface area contributed by atoms with E-state index >= 15 is 0 Å². The second-order valence-electron chi connectivity index (χ2n) is 4.98. The van der Waals surface area contributed by atoms with E-state index in [2.05, 4.69) is 4.98 Å². The number of benzene rings is 2. The lowest BCUT2D eigenvalue weighted by Gasteiger charge is -2.10. The van der Waals surface area contributed by atoms with Crippen LogP contribution in [0, 0.1) is 0 Å². The maximum absolute atomic E-state index is 11.8. The third-order valence-electron chi connectivity index (χ3n) is 3.36. The van der Waals surface area contributed by atoms with Crippen molar-refractivity contribution in [3.05, 3.63) is 53.0 Å². The van der Waals surface area contributed by atoms with Gasteiger partial charge in [-0.05, 0) is 12.5 Å². The molecule has 0 aliphatic rings. The second-order valence-corrected chi connectivity index (χ2v) is 6.02. The molecule has 124 valence electrons. The first-order valence-corrected chi connectivity index (χ1v) is 8.35. The highest BCUT2D eigenvalue weighted by atomic mass is 32.1. The summed E-state index contributed by atoms with van der Waals surface area (Å²) in [5.74, 6) is 0.788. The molecule has 1 aromatic heterocycles. The molecule has 0 fully saturated rings. The highest BCUT2D eigenvalue weighted by molar-refractivity contribution is 7.20. The van der Waals surface area contributed by atoms with E-state index in [0.29, 0.717) is 35.2 Å². The summed E-state index contributed by atoms with van der Waals surface area (Å²) in [6.45, 7) is 2.53. The molecule has 1 heterocycles. The van der Waals surface area contributed by atoms with Gasteiger partial charge < -0.3 is 14.2 Å². The quantitative estimate of drug-likeness (QED) is 0.632. The number of ether oxygens (including phenoxy) is 3. The van der Waals surface area contributed by atoms with Crippen molar-refractivity contribution in [2.45, 2.75) is 13.5 Å². The number of esters is 1. The smallest absolute Gasteiger partial charge is 0.367 e. The molecule has 6 heteroatoms. The van der Waals surface area contributed by atoms with Crippen LogP contribution in [0.1, 0.15) is 22.3 Å². The van der Waals surface area contributed by atoms with Crippen LogP contribution in [0.4, 0.5) is 0 Å². The Hall–Kier alpha value is -2.60. The summed E-state index contributed by atoms with van der Waals surface area (Å²) in [6, 6.07) is 13.5. The van der Waals surface area contributed by atoms with Gasteiger partial charge in [-0.15, -0.1) is 11.3 Å². The van der Waals surface area contributed by atoms with E-state index in [0.717, 1.165) is 10.3 Å². The number of carbonyl (C=O) groups excluding carboxylic acids is 1. The summed E-state index contributed by atoms with van der Waals surface area (Å²) in [7, 11) is 1.58. The summed E-state index contributed by atoms with van der Waals surface area (Å²) in [4.78, 5) is 16.1. The van der Waals surface area contributed by atoms with Crippen molar-refractivity contribution in [3.8, 4) is 11.5 Å². The average molecular weight is 343 g/mol. The molecule has 0 bridgehead atoms. The molecule has 5 nitrogen and oxygen atoms in total. The molecular weight excluding hydrogens is 326 g/mol. The highest BCUT2D eigenvalue weighted by Crippen LogP contribution is 2.35. The van der Waals surface area contributed by atoms with E-state index in [1.807, 2.05) is 36.4 Å². The van der Waals surface area contributed by atoms with Gasteiger partial charge in [0.15, 0.2) is 11.5 Å². The summed E-state index contributed by atoms with van der Waals surface area (Å²) in [6.07, 6.45) is 0. The van der Waals surface area contributed by atoms with Gasteiger partial charge in [0.1, 0.15) is 6.61 Å². The van der Waals surface area contributed by atoms with Crippen LogP contribution in [0.25, 0.3) is 10.2 Å². The average Bonchev–Trinajstić information content (AvgIpc) is 3.03. The van der Waals surface area contributed by atoms with Crippen LogP contribution >= 0.6 is 11.3 Å². The largest absolute Gasteiger partial charge is 0.493 e. The Bertz CT molecular complexity index is 845. The van der Waals surface area contributed by atoms with E-state index < -0.39 is 5.97 Å². The number of methoxy groups -OCH3 is 1. The molecule has 0 saturated heterocycles. The van der Waals surface area contributed by atoms with Gasteiger partial charge in [-0.2, -0.15) is 0 Å². The minimum atomic E-state index is -0.413. The minimum absolute atomic E-state index is 0.323. The van der Waals surface area contributed by atoms with Crippen LogP contribution in [-0.4, -0.2) is 24.7 Å². The van der Waals surface area contributed by atoms with E-state index in [9.17, 15) is 4.79 Å². The molecule has 0 unspecified atom stereocenters. The number of thiazole rings is 1. The molecule has 0 saturated carbocycles. The topological polar surface area (TPSA) is 57.7 Å². The van der Waals surface area contributed by atoms with E-state index in [1.54, 1.807) is 20.1 Å². The summed E-state index contributed by atoms with van der Waals surface area (Å²) in [5.41, 5.74) is 1.75. The Morgan fingerprint density at radius 2 is 1.96 bits per heavy atom. The lowest BCUT2D eigenvalue weighted by molar-refractivity contribution is 0.0526. The molecule has 0 radical (unpaired) electrons. The Morgan fingerprint density at radius 1 is 1.17 bits per heavy atom. The van der Waals surface area contributed by atoms with Crippen LogP contribution in [0.15, 0.2) is 42.5 Å². The van der Waals surface area contributed by atoms with Gasteiger partial charge in [0.05, 0.1) is 23.9 Å². The van der Waals surface area contributed by atoms with Gasteiger partial charge in [-0.25, -0.2) is 9.78 Å². The maximum Gasteiger partial charge on any atom is 0.367 e. The number of hydrogen-bond donors (Lipinski definition) is 0. The van der Waals surface area contributed by atoms with Crippen molar-refractivity contribution in [1.82, 2.24) is 4.98 Å². The Balaban J connectivity index is 1.88. The first-order chi connectivity index (χ1) is 11.7. The third-order valence-corrected chi connectivity index (χ3v) is 4.36. The summed E-state index contributed by atoms with van der Waals surface area (Å²) >= 11 is 1.28. The van der Waals surface area contributed by atoms with Crippen LogP contribution in [0.2, 0.25) is 0 Å². The van der Waals surface area contributed by atoms with Crippen LogP contribution in [0.5, 0.6) is 11.5 Å². The van der Waals surface area contributed by atoms with Gasteiger partial charge in [-0.3, -0.25) is 0 Å². The number of aromatic nitrogens is 1. The fourth-order valence-electron chi connectivity index (χ4n) is 2.22. The van der Waals surface area contributed by atoms with E-state index in [1.165, 1.54) is 11.3 Å². The van der Waals surface area contributed by atoms with Crippen molar-refractivity contribution >= 4 is 27.5 Å². The van der Waals surface area contributed by atoms with Crippen LogP contribution in [-0.2, 0) is 11.3 Å². The zero-order valence-electron chi connectivity index (χ0n) is 13.4. The lowest BCUT2D eigenvalue weighted by atomic mass is 10.2. The predicted molar refractivity (Wildman–Crippen MR) is 92.9 cm³/mol. The molecule has 2 aromatic carbocycles. The SMILES string of the molecule is CCOC(=O)c1nc2cc(OC)c(OCc3ccccc3)cc2s1. The van der Waals surface area contributed by atoms with Crippen LogP contribution in [0.3, 0.4) is 0 Å². The van der Waals surface area contributed by atoms with Crippen LogP contribution < -0.4 is 9.47 Å². The fraction of sp³-hybridized carbons (Fsp3) is 0.222. The zero-order chi connectivity index (χ0) is 16.9. The third kappa shape index (κ3) is 3.49. The molecule has 0 amide bonds. The summed E-state index contributed by atoms with van der Waals surface area (Å²) < 4.78 is 17.1. The first kappa shape index (κ1) is 16.3. The Kier molecular flexibility index (Phi) is 4.96. The van der Waals surface area contributed by atoms with Crippen molar-refractivity contribution in [3.63, 3.8) is 0 Å². The van der Waals surface area contributed by atoms with Crippen molar-refractivity contribution in [1.29, 1.82) is 0 Å². The number of nitrogens with zero attached hydrogens (tertiary/aromatic N) is 1. The molecule has 0 N–H and O–H groups in total. The first-order valence-electron chi connectivity index (χ1n) is 7.53. The Labute approximate surface area is 143 Å². The molecule has 0 atom stereocenters. The molecule has 0 aliphatic heterocycles. The van der Waals surface area contributed by atoms with Gasteiger partial charge in [0.25, 0.3) is 0 Å². The number of carbonyl (C=O) groups is 1. The molecule has 0 spiro atoms. The molecular formula is C18H17NO4S. The maximum atomic E-state index is 11.8. The number of rotatable bonds is 6. The normalized spacial score (nSPS) is 10.6. The van der Waals surface area contributed by atoms with Gasteiger partial charge in [-0.1, -0.05) is 30.3 Å². The van der Waals surface area contributed by atoms with Crippen molar-refractivity contribution in [2.75, 3.05) is 13.7 Å².